The van der Waals surface area contributed by atoms with Crippen LogP contribution in [0.25, 0.3) is 0 Å². The van der Waals surface area contributed by atoms with E-state index in [1.165, 1.54) is 12.8 Å². The van der Waals surface area contributed by atoms with Gasteiger partial charge in [-0.05, 0) is 65.2 Å². The summed E-state index contributed by atoms with van der Waals surface area (Å²) in [6.07, 6.45) is 7.06. The van der Waals surface area contributed by atoms with E-state index in [1.807, 2.05) is 20.8 Å². The minimum absolute atomic E-state index is 0.105. The first-order valence-electron chi connectivity index (χ1n) is 8.74. The van der Waals surface area contributed by atoms with Crippen molar-refractivity contribution >= 4 is 6.09 Å². The van der Waals surface area contributed by atoms with Gasteiger partial charge in [-0.3, -0.25) is 0 Å². The van der Waals surface area contributed by atoms with Gasteiger partial charge >= 0.3 is 6.09 Å². The molecule has 2 atom stereocenters. The van der Waals surface area contributed by atoms with Crippen molar-refractivity contribution in [2.75, 3.05) is 6.54 Å². The third-order valence-electron chi connectivity index (χ3n) is 4.71. The summed E-state index contributed by atoms with van der Waals surface area (Å²) >= 11 is 0. The number of ether oxygens (including phenoxy) is 1. The highest BCUT2D eigenvalue weighted by Crippen LogP contribution is 2.28. The summed E-state index contributed by atoms with van der Waals surface area (Å²) in [5, 5.41) is 16.3. The molecule has 2 fully saturated rings. The van der Waals surface area contributed by atoms with Gasteiger partial charge in [0.05, 0.1) is 6.10 Å². The van der Waals surface area contributed by atoms with Crippen LogP contribution in [-0.4, -0.2) is 41.5 Å². The Hall–Kier alpha value is -0.810. The van der Waals surface area contributed by atoms with E-state index in [0.29, 0.717) is 24.5 Å². The van der Waals surface area contributed by atoms with Gasteiger partial charge in [0, 0.05) is 18.6 Å². The average molecular weight is 312 g/mol. The molecule has 5 nitrogen and oxygen atoms in total. The predicted octanol–water partition coefficient (Wildman–Crippen LogP) is 2.57. The Morgan fingerprint density at radius 3 is 2.45 bits per heavy atom. The third-order valence-corrected chi connectivity index (χ3v) is 4.71. The van der Waals surface area contributed by atoms with Crippen molar-refractivity contribution in [3.63, 3.8) is 0 Å². The number of aliphatic hydroxyl groups is 1. The van der Waals surface area contributed by atoms with E-state index in [0.717, 1.165) is 32.1 Å². The fourth-order valence-corrected chi connectivity index (χ4v) is 3.57. The maximum Gasteiger partial charge on any atom is 0.407 e. The highest BCUT2D eigenvalue weighted by atomic mass is 16.6. The lowest BCUT2D eigenvalue weighted by atomic mass is 9.91. The van der Waals surface area contributed by atoms with Gasteiger partial charge in [-0.1, -0.05) is 6.42 Å². The van der Waals surface area contributed by atoms with E-state index in [1.54, 1.807) is 0 Å². The van der Waals surface area contributed by atoms with Crippen LogP contribution < -0.4 is 10.6 Å². The van der Waals surface area contributed by atoms with Gasteiger partial charge in [0.2, 0.25) is 0 Å². The lowest BCUT2D eigenvalue weighted by Gasteiger charge is -2.31. The minimum Gasteiger partial charge on any atom is -0.444 e. The van der Waals surface area contributed by atoms with Gasteiger partial charge in [-0.15, -0.1) is 0 Å². The molecular weight excluding hydrogens is 280 g/mol. The summed E-state index contributed by atoms with van der Waals surface area (Å²) in [5.74, 6) is 0.486. The summed E-state index contributed by atoms with van der Waals surface area (Å²) in [5.41, 5.74) is -0.444. The summed E-state index contributed by atoms with van der Waals surface area (Å²) in [7, 11) is 0. The van der Waals surface area contributed by atoms with Crippen LogP contribution in [0.1, 0.15) is 65.7 Å². The quantitative estimate of drug-likeness (QED) is 0.746. The van der Waals surface area contributed by atoms with Gasteiger partial charge in [-0.25, -0.2) is 4.79 Å². The number of nitrogens with one attached hydrogen (secondary N) is 2. The molecule has 0 bridgehead atoms. The van der Waals surface area contributed by atoms with E-state index >= 15 is 0 Å². The molecule has 0 aromatic carbocycles. The second-order valence-corrected chi connectivity index (χ2v) is 7.85. The number of carbonyl (C=O) groups excluding carboxylic acids is 1. The number of alkyl carbamates (subject to hydrolysis) is 1. The van der Waals surface area contributed by atoms with Gasteiger partial charge in [0.1, 0.15) is 5.60 Å². The monoisotopic (exact) mass is 312 g/mol. The van der Waals surface area contributed by atoms with E-state index < -0.39 is 5.60 Å². The van der Waals surface area contributed by atoms with E-state index in [2.05, 4.69) is 10.6 Å². The number of amides is 1. The fraction of sp³-hybridized carbons (Fsp3) is 0.941. The van der Waals surface area contributed by atoms with Crippen LogP contribution >= 0.6 is 0 Å². The smallest absolute Gasteiger partial charge is 0.407 e. The first-order chi connectivity index (χ1) is 10.3. The van der Waals surface area contributed by atoms with Gasteiger partial charge in [0.15, 0.2) is 0 Å². The molecule has 5 heteroatoms. The first kappa shape index (κ1) is 17.5. The second-order valence-electron chi connectivity index (χ2n) is 7.85. The molecule has 3 N–H and O–H groups in total. The second kappa shape index (κ2) is 7.64. The van der Waals surface area contributed by atoms with Crippen LogP contribution in [0.4, 0.5) is 4.79 Å². The summed E-state index contributed by atoms with van der Waals surface area (Å²) < 4.78 is 5.30. The molecule has 2 saturated carbocycles. The molecule has 128 valence electrons. The van der Waals surface area contributed by atoms with Gasteiger partial charge in [0.25, 0.3) is 0 Å². The van der Waals surface area contributed by atoms with Gasteiger partial charge in [-0.2, -0.15) is 0 Å². The van der Waals surface area contributed by atoms with Crippen LogP contribution in [0.3, 0.4) is 0 Å². The summed E-state index contributed by atoms with van der Waals surface area (Å²) in [6.45, 7) is 6.32. The molecule has 1 amide bonds. The Morgan fingerprint density at radius 2 is 1.82 bits per heavy atom. The Kier molecular flexibility index (Phi) is 6.09. The van der Waals surface area contributed by atoms with Gasteiger partial charge < -0.3 is 20.5 Å². The molecule has 0 aromatic rings. The zero-order chi connectivity index (χ0) is 16.2. The van der Waals surface area contributed by atoms with Crippen LogP contribution in [-0.2, 0) is 4.74 Å². The largest absolute Gasteiger partial charge is 0.444 e. The molecule has 2 aliphatic rings. The molecule has 2 aliphatic carbocycles. The number of rotatable bonds is 4. The SMILES string of the molecule is CC(C)(C)OC(=O)NC[C@@H]1CCC[C@@H]1NC1CCC(O)CC1. The van der Waals surface area contributed by atoms with Crippen molar-refractivity contribution in [3.05, 3.63) is 0 Å². The van der Waals surface area contributed by atoms with Crippen LogP contribution in [0.15, 0.2) is 0 Å². The third kappa shape index (κ3) is 5.76. The summed E-state index contributed by atoms with van der Waals surface area (Å²) in [6, 6.07) is 1.01. The highest BCUT2D eigenvalue weighted by molar-refractivity contribution is 5.67. The Morgan fingerprint density at radius 1 is 1.14 bits per heavy atom. The van der Waals surface area contributed by atoms with Crippen molar-refractivity contribution in [2.24, 2.45) is 5.92 Å². The lowest BCUT2D eigenvalue weighted by Crippen LogP contribution is -2.46. The minimum atomic E-state index is -0.444. The van der Waals surface area contributed by atoms with Crippen molar-refractivity contribution < 1.29 is 14.6 Å². The van der Waals surface area contributed by atoms with Crippen molar-refractivity contribution in [1.29, 1.82) is 0 Å². The lowest BCUT2D eigenvalue weighted by molar-refractivity contribution is 0.0515. The molecule has 22 heavy (non-hydrogen) atoms. The molecule has 0 saturated heterocycles. The number of hydrogen-bond acceptors (Lipinski definition) is 4. The van der Waals surface area contributed by atoms with E-state index in [-0.39, 0.29) is 12.2 Å². The Balaban J connectivity index is 1.72. The summed E-state index contributed by atoms with van der Waals surface area (Å²) in [4.78, 5) is 11.8. The normalized spacial score (nSPS) is 32.7. The zero-order valence-electron chi connectivity index (χ0n) is 14.2. The van der Waals surface area contributed by atoms with E-state index in [9.17, 15) is 9.90 Å². The predicted molar refractivity (Wildman–Crippen MR) is 86.8 cm³/mol. The van der Waals surface area contributed by atoms with Crippen molar-refractivity contribution in [2.45, 2.75) is 89.5 Å². The zero-order valence-corrected chi connectivity index (χ0v) is 14.2. The van der Waals surface area contributed by atoms with Crippen LogP contribution in [0, 0.1) is 5.92 Å². The highest BCUT2D eigenvalue weighted by Gasteiger charge is 2.31. The topological polar surface area (TPSA) is 70.6 Å². The standard InChI is InChI=1S/C17H32N2O3/c1-17(2,3)22-16(21)18-11-12-5-4-6-15(12)19-13-7-9-14(20)10-8-13/h12-15,19-20H,4-11H2,1-3H3,(H,18,21)/t12-,13?,14?,15-/m0/s1. The van der Waals surface area contributed by atoms with Crippen molar-refractivity contribution in [3.8, 4) is 0 Å². The van der Waals surface area contributed by atoms with Crippen LogP contribution in [0.2, 0.25) is 0 Å². The fourth-order valence-electron chi connectivity index (χ4n) is 3.57. The number of aliphatic hydroxyl groups excluding tert-OH is 1. The first-order valence-corrected chi connectivity index (χ1v) is 8.74. The molecule has 0 aliphatic heterocycles. The van der Waals surface area contributed by atoms with E-state index in [4.69, 9.17) is 4.74 Å². The molecular formula is C17H32N2O3. The Labute approximate surface area is 134 Å². The van der Waals surface area contributed by atoms with Crippen LogP contribution in [0.5, 0.6) is 0 Å². The average Bonchev–Trinajstić information content (AvgIpc) is 2.84. The number of hydrogen-bond donors (Lipinski definition) is 3. The number of carbonyl (C=O) groups is 1. The molecule has 0 aromatic heterocycles. The van der Waals surface area contributed by atoms with Crippen molar-refractivity contribution in [1.82, 2.24) is 10.6 Å². The maximum absolute atomic E-state index is 11.8. The Bertz CT molecular complexity index is 359. The molecule has 0 radical (unpaired) electrons. The molecule has 0 heterocycles. The molecule has 0 spiro atoms. The molecule has 0 unspecified atom stereocenters. The maximum atomic E-state index is 11.8. The molecule has 2 rings (SSSR count).